The highest BCUT2D eigenvalue weighted by molar-refractivity contribution is 6.07. The molecule has 1 N–H and O–H groups in total. The number of H-pyrrole nitrogens is 1. The highest BCUT2D eigenvalue weighted by Crippen LogP contribution is 2.39. The summed E-state index contributed by atoms with van der Waals surface area (Å²) in [5.41, 5.74) is 9.02. The van der Waals surface area contributed by atoms with Crippen LogP contribution in [0.15, 0.2) is 103 Å². The molecule has 0 saturated heterocycles. The molecule has 1 atom stereocenters. The van der Waals surface area contributed by atoms with Crippen LogP contribution in [0.5, 0.6) is 0 Å². The van der Waals surface area contributed by atoms with Crippen molar-refractivity contribution in [1.82, 2.24) is 9.55 Å². The molecule has 0 radical (unpaired) electrons. The number of hydrogen-bond acceptors (Lipinski definition) is 0. The largest absolute Gasteiger partial charge is 0.355 e. The zero-order valence-electron chi connectivity index (χ0n) is 17.6. The molecule has 0 fully saturated rings. The summed E-state index contributed by atoms with van der Waals surface area (Å²) < 4.78 is 2.40. The Kier molecular flexibility index (Phi) is 3.71. The highest BCUT2D eigenvalue weighted by Gasteiger charge is 2.23. The summed E-state index contributed by atoms with van der Waals surface area (Å²) >= 11 is 0. The van der Waals surface area contributed by atoms with E-state index in [0.717, 1.165) is 6.42 Å². The topological polar surface area (TPSA) is 20.7 Å². The molecule has 6 aromatic rings. The van der Waals surface area contributed by atoms with Gasteiger partial charge in [-0.25, -0.2) is 0 Å². The summed E-state index contributed by atoms with van der Waals surface area (Å²) in [5.74, 6) is 0.371. The van der Waals surface area contributed by atoms with Gasteiger partial charge in [0.25, 0.3) is 0 Å². The standard InChI is InChI=1S/C30H22N2/c1-2-8-22(9-3-1)32-29-13-7-5-11-24(29)26-19-21(15-17-30(26)32)20-14-16-28-25(18-20)23-10-4-6-12-27(23)31-28/h1-18,21,31H,19H2. The van der Waals surface area contributed by atoms with Crippen LogP contribution in [0.4, 0.5) is 0 Å². The molecule has 0 amide bonds. The Balaban J connectivity index is 1.38. The Morgan fingerprint density at radius 2 is 1.44 bits per heavy atom. The van der Waals surface area contributed by atoms with Crippen LogP contribution in [-0.4, -0.2) is 9.55 Å². The predicted molar refractivity (Wildman–Crippen MR) is 135 cm³/mol. The summed E-state index contributed by atoms with van der Waals surface area (Å²) in [5, 5.41) is 3.96. The van der Waals surface area contributed by atoms with E-state index in [4.69, 9.17) is 0 Å². The SMILES string of the molecule is C1=CC(c2ccc3[nH]c4ccccc4c3c2)Cc2c1n(-c1ccccc1)c1ccccc21. The van der Waals surface area contributed by atoms with E-state index in [9.17, 15) is 0 Å². The van der Waals surface area contributed by atoms with Gasteiger partial charge in [-0.15, -0.1) is 0 Å². The second-order valence-corrected chi connectivity index (χ2v) is 8.70. The number of hydrogen-bond donors (Lipinski definition) is 1. The average Bonchev–Trinajstić information content (AvgIpc) is 3.39. The summed E-state index contributed by atoms with van der Waals surface area (Å²) in [6.07, 6.45) is 5.73. The van der Waals surface area contributed by atoms with Crippen LogP contribution in [0, 0.1) is 0 Å². The number of para-hydroxylation sites is 3. The number of aromatic amines is 1. The maximum Gasteiger partial charge on any atom is 0.0537 e. The smallest absolute Gasteiger partial charge is 0.0537 e. The lowest BCUT2D eigenvalue weighted by Gasteiger charge is -2.19. The van der Waals surface area contributed by atoms with Crippen molar-refractivity contribution >= 4 is 38.8 Å². The van der Waals surface area contributed by atoms with Crippen molar-refractivity contribution in [3.63, 3.8) is 0 Å². The minimum atomic E-state index is 0.371. The summed E-state index contributed by atoms with van der Waals surface area (Å²) in [4.78, 5) is 3.55. The van der Waals surface area contributed by atoms with Crippen LogP contribution >= 0.6 is 0 Å². The van der Waals surface area contributed by atoms with Crippen molar-refractivity contribution in [2.24, 2.45) is 0 Å². The Labute approximate surface area is 186 Å². The first kappa shape index (κ1) is 17.6. The van der Waals surface area contributed by atoms with Crippen molar-refractivity contribution in [3.05, 3.63) is 120 Å². The first-order valence-electron chi connectivity index (χ1n) is 11.2. The van der Waals surface area contributed by atoms with Gasteiger partial charge < -0.3 is 9.55 Å². The summed E-state index contributed by atoms with van der Waals surface area (Å²) in [6.45, 7) is 0. The second-order valence-electron chi connectivity index (χ2n) is 8.70. The van der Waals surface area contributed by atoms with Crippen LogP contribution in [-0.2, 0) is 6.42 Å². The second kappa shape index (κ2) is 6.73. The third-order valence-corrected chi connectivity index (χ3v) is 6.90. The first-order valence-corrected chi connectivity index (χ1v) is 11.2. The van der Waals surface area contributed by atoms with E-state index >= 15 is 0 Å². The molecule has 2 aromatic heterocycles. The molecular formula is C30H22N2. The van der Waals surface area contributed by atoms with Crippen LogP contribution < -0.4 is 0 Å². The van der Waals surface area contributed by atoms with Crippen LogP contribution in [0.25, 0.3) is 44.5 Å². The molecule has 0 spiro atoms. The molecule has 152 valence electrons. The molecule has 32 heavy (non-hydrogen) atoms. The van der Waals surface area contributed by atoms with Crippen molar-refractivity contribution in [2.75, 3.05) is 0 Å². The molecule has 2 nitrogen and oxygen atoms in total. The average molecular weight is 411 g/mol. The predicted octanol–water partition coefficient (Wildman–Crippen LogP) is 7.62. The first-order chi connectivity index (χ1) is 15.9. The van der Waals surface area contributed by atoms with Crippen molar-refractivity contribution in [1.29, 1.82) is 0 Å². The van der Waals surface area contributed by atoms with Gasteiger partial charge in [0, 0.05) is 44.5 Å². The number of nitrogens with zero attached hydrogens (tertiary/aromatic N) is 1. The maximum absolute atomic E-state index is 3.55. The lowest BCUT2D eigenvalue weighted by atomic mass is 9.86. The van der Waals surface area contributed by atoms with E-state index in [0.29, 0.717) is 5.92 Å². The van der Waals surface area contributed by atoms with Gasteiger partial charge in [-0.1, -0.05) is 66.7 Å². The molecule has 7 rings (SSSR count). The molecule has 1 aliphatic carbocycles. The number of allylic oxidation sites excluding steroid dienone is 1. The zero-order valence-corrected chi connectivity index (χ0v) is 17.6. The normalized spacial score (nSPS) is 15.6. The lowest BCUT2D eigenvalue weighted by Crippen LogP contribution is -2.07. The van der Waals surface area contributed by atoms with Crippen molar-refractivity contribution < 1.29 is 0 Å². The number of rotatable bonds is 2. The summed E-state index contributed by atoms with van der Waals surface area (Å²) in [7, 11) is 0. The van der Waals surface area contributed by atoms with Crippen LogP contribution in [0.2, 0.25) is 0 Å². The lowest BCUT2D eigenvalue weighted by molar-refractivity contribution is 0.827. The van der Waals surface area contributed by atoms with Crippen molar-refractivity contribution in [2.45, 2.75) is 12.3 Å². The Bertz CT molecular complexity index is 1650. The van der Waals surface area contributed by atoms with Gasteiger partial charge in [0.05, 0.1) is 5.52 Å². The third-order valence-electron chi connectivity index (χ3n) is 6.90. The van der Waals surface area contributed by atoms with Gasteiger partial charge in [-0.2, -0.15) is 0 Å². The Morgan fingerprint density at radius 1 is 0.688 bits per heavy atom. The fourth-order valence-electron chi connectivity index (χ4n) is 5.39. The van der Waals surface area contributed by atoms with Gasteiger partial charge in [0.2, 0.25) is 0 Å². The van der Waals surface area contributed by atoms with Crippen LogP contribution in [0.1, 0.15) is 22.7 Å². The van der Waals surface area contributed by atoms with Crippen LogP contribution in [0.3, 0.4) is 0 Å². The minimum absolute atomic E-state index is 0.371. The molecule has 0 saturated carbocycles. The Hall–Kier alpha value is -4.04. The monoisotopic (exact) mass is 410 g/mol. The molecule has 1 unspecified atom stereocenters. The van der Waals surface area contributed by atoms with E-state index in [2.05, 4.69) is 119 Å². The van der Waals surface area contributed by atoms with E-state index in [1.54, 1.807) is 0 Å². The molecule has 2 heteroatoms. The minimum Gasteiger partial charge on any atom is -0.355 e. The van der Waals surface area contributed by atoms with E-state index in [1.807, 2.05) is 0 Å². The zero-order chi connectivity index (χ0) is 21.1. The number of fused-ring (bicyclic) bond motifs is 6. The molecule has 1 aliphatic rings. The fourth-order valence-corrected chi connectivity index (χ4v) is 5.39. The molecule has 0 bridgehead atoms. The quantitative estimate of drug-likeness (QED) is 0.303. The Morgan fingerprint density at radius 3 is 2.34 bits per heavy atom. The van der Waals surface area contributed by atoms with E-state index in [1.165, 1.54) is 55.2 Å². The third kappa shape index (κ3) is 2.53. The van der Waals surface area contributed by atoms with Crippen molar-refractivity contribution in [3.8, 4) is 5.69 Å². The van der Waals surface area contributed by atoms with Gasteiger partial charge in [-0.05, 0) is 60.0 Å². The van der Waals surface area contributed by atoms with Gasteiger partial charge in [0.15, 0.2) is 0 Å². The molecule has 0 aliphatic heterocycles. The van der Waals surface area contributed by atoms with Gasteiger partial charge in [-0.3, -0.25) is 0 Å². The molecule has 4 aromatic carbocycles. The fraction of sp³-hybridized carbons (Fsp3) is 0.0667. The molecule has 2 heterocycles. The molecular weight excluding hydrogens is 388 g/mol. The highest BCUT2D eigenvalue weighted by atomic mass is 15.0. The number of nitrogens with one attached hydrogen (secondary N) is 1. The van der Waals surface area contributed by atoms with Gasteiger partial charge >= 0.3 is 0 Å². The number of aromatic nitrogens is 2. The summed E-state index contributed by atoms with van der Waals surface area (Å²) in [6, 6.07) is 35.0. The van der Waals surface area contributed by atoms with Gasteiger partial charge in [0.1, 0.15) is 0 Å². The van der Waals surface area contributed by atoms with E-state index < -0.39 is 0 Å². The maximum atomic E-state index is 3.55. The van der Waals surface area contributed by atoms with E-state index in [-0.39, 0.29) is 0 Å². The number of benzene rings is 4.